The maximum atomic E-state index is 13.1. The third-order valence-corrected chi connectivity index (χ3v) is 7.43. The quantitative estimate of drug-likeness (QED) is 0.602. The van der Waals surface area contributed by atoms with Gasteiger partial charge >= 0.3 is 0 Å². The van der Waals surface area contributed by atoms with E-state index in [1.54, 1.807) is 0 Å². The van der Waals surface area contributed by atoms with Gasteiger partial charge in [-0.2, -0.15) is 0 Å². The summed E-state index contributed by atoms with van der Waals surface area (Å²) in [6.45, 7) is 5.08. The number of nitrogen functional groups attached to an aromatic ring is 1. The van der Waals surface area contributed by atoms with E-state index in [-0.39, 0.29) is 5.92 Å². The number of amides is 1. The van der Waals surface area contributed by atoms with Crippen LogP contribution in [-0.4, -0.2) is 42.9 Å². The molecule has 0 saturated carbocycles. The summed E-state index contributed by atoms with van der Waals surface area (Å²) in [5.41, 5.74) is 13.0. The number of allylic oxidation sites excluding steroid dienone is 2. The molecule has 34 heavy (non-hydrogen) atoms. The van der Waals surface area contributed by atoms with Crippen molar-refractivity contribution >= 4 is 28.3 Å². The fraction of sp³-hybridized carbons (Fsp3) is 0.407. The molecule has 2 aliphatic rings. The maximum absolute atomic E-state index is 13.1. The van der Waals surface area contributed by atoms with E-state index >= 15 is 0 Å². The van der Waals surface area contributed by atoms with Crippen molar-refractivity contribution in [3.8, 4) is 23.6 Å². The lowest BCUT2D eigenvalue weighted by Gasteiger charge is -2.29. The van der Waals surface area contributed by atoms with Crippen molar-refractivity contribution in [2.24, 2.45) is 13.0 Å². The van der Waals surface area contributed by atoms with E-state index in [0.717, 1.165) is 72.1 Å². The van der Waals surface area contributed by atoms with Crippen LogP contribution in [0.4, 0.5) is 5.82 Å². The SMILES string of the molecule is C#Cc1cc(C)c(-c2c(C3=CC[C@@H](C(=O)N4CCC[C@@H]4C)CC3)c3c(N)ncnc3n2C)cn1. The summed E-state index contributed by atoms with van der Waals surface area (Å²) in [5, 5.41) is 0.851. The van der Waals surface area contributed by atoms with Crippen LogP contribution in [0.2, 0.25) is 0 Å². The molecule has 4 heterocycles. The van der Waals surface area contributed by atoms with Gasteiger partial charge in [-0.3, -0.25) is 4.79 Å². The van der Waals surface area contributed by atoms with Gasteiger partial charge in [0.25, 0.3) is 0 Å². The minimum Gasteiger partial charge on any atom is -0.383 e. The Morgan fingerprint density at radius 2 is 2.09 bits per heavy atom. The van der Waals surface area contributed by atoms with E-state index in [0.29, 0.717) is 23.5 Å². The zero-order valence-electron chi connectivity index (χ0n) is 20.0. The number of carbonyl (C=O) groups excluding carboxylic acids is 1. The Morgan fingerprint density at radius 3 is 2.74 bits per heavy atom. The van der Waals surface area contributed by atoms with Crippen molar-refractivity contribution in [1.82, 2.24) is 24.4 Å². The molecule has 0 unspecified atom stereocenters. The van der Waals surface area contributed by atoms with Crippen LogP contribution < -0.4 is 5.73 Å². The first-order chi connectivity index (χ1) is 16.4. The number of anilines is 1. The number of carbonyl (C=O) groups is 1. The number of rotatable bonds is 3. The summed E-state index contributed by atoms with van der Waals surface area (Å²) in [5.74, 6) is 3.40. The highest BCUT2D eigenvalue weighted by Gasteiger charge is 2.33. The second-order valence-electron chi connectivity index (χ2n) is 9.49. The largest absolute Gasteiger partial charge is 0.383 e. The van der Waals surface area contributed by atoms with E-state index < -0.39 is 0 Å². The van der Waals surface area contributed by atoms with E-state index in [4.69, 9.17) is 12.2 Å². The monoisotopic (exact) mass is 454 g/mol. The summed E-state index contributed by atoms with van der Waals surface area (Å²) < 4.78 is 2.06. The Kier molecular flexibility index (Phi) is 5.60. The molecule has 1 amide bonds. The minimum atomic E-state index is 0.0367. The molecule has 7 nitrogen and oxygen atoms in total. The van der Waals surface area contributed by atoms with Crippen molar-refractivity contribution in [3.63, 3.8) is 0 Å². The predicted octanol–water partition coefficient (Wildman–Crippen LogP) is 4.10. The molecule has 1 aliphatic carbocycles. The molecule has 7 heteroatoms. The molecule has 3 aromatic heterocycles. The van der Waals surface area contributed by atoms with Crippen LogP contribution >= 0.6 is 0 Å². The summed E-state index contributed by atoms with van der Waals surface area (Å²) in [6, 6.07) is 2.27. The lowest BCUT2D eigenvalue weighted by atomic mass is 9.84. The maximum Gasteiger partial charge on any atom is 0.226 e. The number of fused-ring (bicyclic) bond motifs is 1. The van der Waals surface area contributed by atoms with Gasteiger partial charge in [-0.1, -0.05) is 12.0 Å². The van der Waals surface area contributed by atoms with Crippen LogP contribution in [-0.2, 0) is 11.8 Å². The summed E-state index contributed by atoms with van der Waals surface area (Å²) in [4.78, 5) is 28.5. The molecule has 174 valence electrons. The smallest absolute Gasteiger partial charge is 0.226 e. The van der Waals surface area contributed by atoms with Gasteiger partial charge in [0.05, 0.1) is 11.1 Å². The Bertz CT molecular complexity index is 1360. The van der Waals surface area contributed by atoms with Crippen molar-refractivity contribution in [3.05, 3.63) is 41.5 Å². The second kappa shape index (κ2) is 8.60. The van der Waals surface area contributed by atoms with Crippen LogP contribution in [0.25, 0.3) is 27.9 Å². The lowest BCUT2D eigenvalue weighted by Crippen LogP contribution is -2.38. The van der Waals surface area contributed by atoms with Gasteiger partial charge in [0.2, 0.25) is 5.91 Å². The number of likely N-dealkylation sites (tertiary alicyclic amines) is 1. The molecule has 2 atom stereocenters. The van der Waals surface area contributed by atoms with E-state index in [1.165, 1.54) is 11.9 Å². The zero-order valence-corrected chi connectivity index (χ0v) is 20.0. The highest BCUT2D eigenvalue weighted by molar-refractivity contribution is 6.04. The van der Waals surface area contributed by atoms with Crippen molar-refractivity contribution < 1.29 is 4.79 Å². The zero-order chi connectivity index (χ0) is 24.0. The minimum absolute atomic E-state index is 0.0367. The van der Waals surface area contributed by atoms with E-state index in [2.05, 4.69) is 43.3 Å². The fourth-order valence-corrected chi connectivity index (χ4v) is 5.57. The molecular formula is C27H30N6O. The summed E-state index contributed by atoms with van der Waals surface area (Å²) in [6.07, 6.45) is 15.7. The molecule has 0 spiro atoms. The fourth-order valence-electron chi connectivity index (χ4n) is 5.57. The first-order valence-corrected chi connectivity index (χ1v) is 11.9. The van der Waals surface area contributed by atoms with Crippen LogP contribution in [0.3, 0.4) is 0 Å². The molecule has 1 saturated heterocycles. The average Bonchev–Trinajstić information content (AvgIpc) is 3.40. The van der Waals surface area contributed by atoms with Gasteiger partial charge in [-0.15, -0.1) is 6.42 Å². The highest BCUT2D eigenvalue weighted by atomic mass is 16.2. The van der Waals surface area contributed by atoms with Gasteiger partial charge in [0, 0.05) is 42.9 Å². The highest BCUT2D eigenvalue weighted by Crippen LogP contribution is 2.43. The van der Waals surface area contributed by atoms with Crippen LogP contribution in [0.1, 0.15) is 55.8 Å². The third kappa shape index (κ3) is 3.54. The molecule has 1 aliphatic heterocycles. The first-order valence-electron chi connectivity index (χ1n) is 11.9. The molecule has 1 fully saturated rings. The number of hydrogen-bond acceptors (Lipinski definition) is 5. The standard InChI is InChI=1S/C27H30N6O/c1-5-20-13-16(2)21(14-29-20)24-22(23-25(28)30-15-31-26(23)32(24)4)18-8-10-19(11-9-18)27(34)33-12-6-7-17(33)3/h1,8,13-15,17,19H,6-7,9-12H2,2-4H3,(H2,28,30,31)/t17-,19+/m0/s1. The van der Waals surface area contributed by atoms with Crippen LogP contribution in [0, 0.1) is 25.2 Å². The van der Waals surface area contributed by atoms with E-state index in [9.17, 15) is 4.79 Å². The molecule has 0 bridgehead atoms. The Morgan fingerprint density at radius 1 is 1.26 bits per heavy atom. The van der Waals surface area contributed by atoms with Gasteiger partial charge in [-0.05, 0) is 63.2 Å². The summed E-state index contributed by atoms with van der Waals surface area (Å²) >= 11 is 0. The van der Waals surface area contributed by atoms with Gasteiger partial charge < -0.3 is 15.2 Å². The third-order valence-electron chi connectivity index (χ3n) is 7.43. The van der Waals surface area contributed by atoms with Crippen molar-refractivity contribution in [1.29, 1.82) is 0 Å². The second-order valence-corrected chi connectivity index (χ2v) is 9.49. The van der Waals surface area contributed by atoms with Gasteiger partial charge in [0.1, 0.15) is 23.5 Å². The molecule has 0 aromatic carbocycles. The summed E-state index contributed by atoms with van der Waals surface area (Å²) in [7, 11) is 1.99. The predicted molar refractivity (Wildman–Crippen MR) is 135 cm³/mol. The Hall–Kier alpha value is -3.66. The molecule has 2 N–H and O–H groups in total. The molecular weight excluding hydrogens is 424 g/mol. The van der Waals surface area contributed by atoms with E-state index in [1.807, 2.05) is 26.2 Å². The molecule has 3 aromatic rings. The number of terminal acetylenes is 1. The van der Waals surface area contributed by atoms with Gasteiger partial charge in [0.15, 0.2) is 0 Å². The topological polar surface area (TPSA) is 89.9 Å². The number of aryl methyl sites for hydroxylation is 2. The van der Waals surface area contributed by atoms with Crippen LogP contribution in [0.15, 0.2) is 24.7 Å². The normalized spacial score (nSPS) is 20.4. The molecule has 5 rings (SSSR count). The number of nitrogens with two attached hydrogens (primary N) is 1. The Labute approximate surface area is 200 Å². The molecule has 0 radical (unpaired) electrons. The van der Waals surface area contributed by atoms with Crippen molar-refractivity contribution in [2.45, 2.75) is 52.0 Å². The average molecular weight is 455 g/mol. The Balaban J connectivity index is 1.60. The number of nitrogens with zero attached hydrogens (tertiary/aromatic N) is 5. The first kappa shape index (κ1) is 22.1. The van der Waals surface area contributed by atoms with Gasteiger partial charge in [-0.25, -0.2) is 15.0 Å². The number of hydrogen-bond donors (Lipinski definition) is 1. The lowest BCUT2D eigenvalue weighted by molar-refractivity contribution is -0.136. The van der Waals surface area contributed by atoms with Crippen molar-refractivity contribution in [2.75, 3.05) is 12.3 Å². The number of aromatic nitrogens is 4. The number of pyridine rings is 1. The van der Waals surface area contributed by atoms with Crippen LogP contribution in [0.5, 0.6) is 0 Å².